The Bertz CT molecular complexity index is 243. The van der Waals surface area contributed by atoms with Crippen LogP contribution in [-0.4, -0.2) is 17.8 Å². The molecule has 78 valence electrons. The predicted molar refractivity (Wildman–Crippen MR) is 55.8 cm³/mol. The van der Waals surface area contributed by atoms with Crippen molar-refractivity contribution in [3.8, 4) is 0 Å². The van der Waals surface area contributed by atoms with Crippen LogP contribution in [-0.2, 0) is 4.74 Å². The topological polar surface area (TPSA) is 29.5 Å². The molecule has 2 unspecified atom stereocenters. The number of ether oxygens (including phenoxy) is 1. The van der Waals surface area contributed by atoms with Crippen LogP contribution in [0.25, 0.3) is 0 Å². The second-order valence-electron chi connectivity index (χ2n) is 4.09. The molecule has 1 aliphatic carbocycles. The van der Waals surface area contributed by atoms with Crippen LogP contribution in [0.1, 0.15) is 32.1 Å². The first-order chi connectivity index (χ1) is 6.88. The molecular formula is C12H18O2. The summed E-state index contributed by atoms with van der Waals surface area (Å²) in [6.45, 7) is 0.769. The van der Waals surface area contributed by atoms with Crippen molar-refractivity contribution in [3.63, 3.8) is 0 Å². The van der Waals surface area contributed by atoms with Gasteiger partial charge in [-0.05, 0) is 44.1 Å². The fourth-order valence-corrected chi connectivity index (χ4v) is 2.12. The lowest BCUT2D eigenvalue weighted by atomic mass is 9.88. The molecule has 2 heteroatoms. The Morgan fingerprint density at radius 2 is 2.29 bits per heavy atom. The first-order valence-corrected chi connectivity index (χ1v) is 5.54. The highest BCUT2D eigenvalue weighted by atomic mass is 16.5. The van der Waals surface area contributed by atoms with Gasteiger partial charge in [0.2, 0.25) is 0 Å². The van der Waals surface area contributed by atoms with E-state index in [1.54, 1.807) is 0 Å². The lowest BCUT2D eigenvalue weighted by molar-refractivity contribution is 0.0520. The molecule has 2 rings (SSSR count). The Balaban J connectivity index is 1.95. The Labute approximate surface area is 85.3 Å². The molecular weight excluding hydrogens is 176 g/mol. The molecule has 0 saturated heterocycles. The van der Waals surface area contributed by atoms with Crippen molar-refractivity contribution in [1.29, 1.82) is 0 Å². The summed E-state index contributed by atoms with van der Waals surface area (Å²) >= 11 is 0. The van der Waals surface area contributed by atoms with E-state index < -0.39 is 0 Å². The minimum absolute atomic E-state index is 0.365. The van der Waals surface area contributed by atoms with Crippen molar-refractivity contribution in [2.24, 2.45) is 5.92 Å². The quantitative estimate of drug-likeness (QED) is 0.684. The summed E-state index contributed by atoms with van der Waals surface area (Å²) in [5, 5.41) is 10.1. The molecule has 1 heterocycles. The maximum atomic E-state index is 10.1. The van der Waals surface area contributed by atoms with Crippen LogP contribution < -0.4 is 0 Å². The molecule has 0 aromatic carbocycles. The summed E-state index contributed by atoms with van der Waals surface area (Å²) in [7, 11) is 0. The van der Waals surface area contributed by atoms with Crippen molar-refractivity contribution < 1.29 is 9.84 Å². The van der Waals surface area contributed by atoms with Gasteiger partial charge in [0.25, 0.3) is 0 Å². The summed E-state index contributed by atoms with van der Waals surface area (Å²) in [6, 6.07) is 0. The SMILES string of the molecule is OC(C1=CCCCO1)C1CC=CCC1. The van der Waals surface area contributed by atoms with Crippen LogP contribution in [0, 0.1) is 5.92 Å². The van der Waals surface area contributed by atoms with Gasteiger partial charge in [0.1, 0.15) is 11.9 Å². The van der Waals surface area contributed by atoms with Crippen molar-refractivity contribution >= 4 is 0 Å². The zero-order chi connectivity index (χ0) is 9.80. The maximum absolute atomic E-state index is 10.1. The third-order valence-corrected chi connectivity index (χ3v) is 3.01. The zero-order valence-electron chi connectivity index (χ0n) is 8.48. The molecule has 0 saturated carbocycles. The number of hydrogen-bond acceptors (Lipinski definition) is 2. The number of rotatable bonds is 2. The van der Waals surface area contributed by atoms with Crippen molar-refractivity contribution in [1.82, 2.24) is 0 Å². The molecule has 2 nitrogen and oxygen atoms in total. The number of hydrogen-bond donors (Lipinski definition) is 1. The van der Waals surface area contributed by atoms with E-state index in [9.17, 15) is 5.11 Å². The van der Waals surface area contributed by atoms with E-state index in [1.165, 1.54) is 0 Å². The fraction of sp³-hybridized carbons (Fsp3) is 0.667. The largest absolute Gasteiger partial charge is 0.495 e. The van der Waals surface area contributed by atoms with E-state index in [0.29, 0.717) is 5.92 Å². The highest BCUT2D eigenvalue weighted by Gasteiger charge is 2.24. The van der Waals surface area contributed by atoms with E-state index in [4.69, 9.17) is 4.74 Å². The molecule has 0 radical (unpaired) electrons. The lowest BCUT2D eigenvalue weighted by Crippen LogP contribution is -2.26. The van der Waals surface area contributed by atoms with E-state index in [-0.39, 0.29) is 6.10 Å². The molecule has 2 atom stereocenters. The molecule has 1 N–H and O–H groups in total. The first kappa shape index (κ1) is 9.78. The molecule has 1 aliphatic heterocycles. The van der Waals surface area contributed by atoms with Gasteiger partial charge in [0.05, 0.1) is 6.61 Å². The monoisotopic (exact) mass is 194 g/mol. The predicted octanol–water partition coefficient (Wildman–Crippen LogP) is 2.40. The number of allylic oxidation sites excluding steroid dienone is 3. The van der Waals surface area contributed by atoms with Crippen molar-refractivity contribution in [2.45, 2.75) is 38.2 Å². The Hall–Kier alpha value is -0.760. The van der Waals surface area contributed by atoms with E-state index in [1.807, 2.05) is 6.08 Å². The Kier molecular flexibility index (Phi) is 3.25. The molecule has 0 aromatic heterocycles. The van der Waals surface area contributed by atoms with Gasteiger partial charge in [-0.15, -0.1) is 0 Å². The second kappa shape index (κ2) is 4.65. The number of aliphatic hydroxyl groups is 1. The van der Waals surface area contributed by atoms with Crippen LogP contribution >= 0.6 is 0 Å². The molecule has 2 aliphatic rings. The summed E-state index contributed by atoms with van der Waals surface area (Å²) < 4.78 is 5.48. The summed E-state index contributed by atoms with van der Waals surface area (Å²) in [4.78, 5) is 0. The highest BCUT2D eigenvalue weighted by molar-refractivity contribution is 5.06. The highest BCUT2D eigenvalue weighted by Crippen LogP contribution is 2.27. The summed E-state index contributed by atoms with van der Waals surface area (Å²) in [5.41, 5.74) is 0. The van der Waals surface area contributed by atoms with Crippen LogP contribution in [0.5, 0.6) is 0 Å². The molecule has 0 amide bonds. The fourth-order valence-electron chi connectivity index (χ4n) is 2.12. The van der Waals surface area contributed by atoms with Gasteiger partial charge in [-0.25, -0.2) is 0 Å². The molecule has 0 fully saturated rings. The first-order valence-electron chi connectivity index (χ1n) is 5.54. The van der Waals surface area contributed by atoms with Crippen LogP contribution in [0.4, 0.5) is 0 Å². The number of aliphatic hydroxyl groups excluding tert-OH is 1. The Morgan fingerprint density at radius 1 is 1.36 bits per heavy atom. The van der Waals surface area contributed by atoms with Gasteiger partial charge in [-0.1, -0.05) is 12.2 Å². The van der Waals surface area contributed by atoms with Gasteiger partial charge in [-0.2, -0.15) is 0 Å². The van der Waals surface area contributed by atoms with Gasteiger partial charge in [0.15, 0.2) is 0 Å². The van der Waals surface area contributed by atoms with E-state index in [2.05, 4.69) is 12.2 Å². The van der Waals surface area contributed by atoms with Crippen molar-refractivity contribution in [3.05, 3.63) is 24.0 Å². The standard InChI is InChI=1S/C12H18O2/c13-12(10-6-2-1-3-7-10)11-8-4-5-9-14-11/h1-2,8,10,12-13H,3-7,9H2. The Morgan fingerprint density at radius 3 is 2.93 bits per heavy atom. The van der Waals surface area contributed by atoms with Gasteiger partial charge in [0, 0.05) is 0 Å². The van der Waals surface area contributed by atoms with Gasteiger partial charge < -0.3 is 9.84 Å². The van der Waals surface area contributed by atoms with Gasteiger partial charge in [-0.3, -0.25) is 0 Å². The van der Waals surface area contributed by atoms with E-state index >= 15 is 0 Å². The summed E-state index contributed by atoms with van der Waals surface area (Å²) in [6.07, 6.45) is 11.3. The average Bonchev–Trinajstić information content (AvgIpc) is 2.30. The third-order valence-electron chi connectivity index (χ3n) is 3.01. The van der Waals surface area contributed by atoms with Crippen LogP contribution in [0.2, 0.25) is 0 Å². The molecule has 0 aromatic rings. The lowest BCUT2D eigenvalue weighted by Gasteiger charge is -2.27. The minimum Gasteiger partial charge on any atom is -0.495 e. The van der Waals surface area contributed by atoms with Crippen LogP contribution in [0.3, 0.4) is 0 Å². The maximum Gasteiger partial charge on any atom is 0.121 e. The summed E-state index contributed by atoms with van der Waals surface area (Å²) in [5.74, 6) is 1.18. The third kappa shape index (κ3) is 2.18. The second-order valence-corrected chi connectivity index (χ2v) is 4.09. The molecule has 0 spiro atoms. The molecule has 0 bridgehead atoms. The van der Waals surface area contributed by atoms with Gasteiger partial charge >= 0.3 is 0 Å². The normalized spacial score (nSPS) is 29.2. The minimum atomic E-state index is -0.375. The van der Waals surface area contributed by atoms with E-state index in [0.717, 1.165) is 44.5 Å². The van der Waals surface area contributed by atoms with Crippen LogP contribution in [0.15, 0.2) is 24.0 Å². The smallest absolute Gasteiger partial charge is 0.121 e. The zero-order valence-corrected chi connectivity index (χ0v) is 8.48. The average molecular weight is 194 g/mol. The molecule has 14 heavy (non-hydrogen) atoms. The van der Waals surface area contributed by atoms with Crippen molar-refractivity contribution in [2.75, 3.05) is 6.61 Å².